The normalized spacial score (nSPS) is 17.4. The van der Waals surface area contributed by atoms with Gasteiger partial charge in [0.2, 0.25) is 5.91 Å². The van der Waals surface area contributed by atoms with E-state index in [9.17, 15) is 14.9 Å². The number of aryl methyl sites for hydroxylation is 1. The third-order valence-electron chi connectivity index (χ3n) is 3.83. The van der Waals surface area contributed by atoms with E-state index in [1.165, 1.54) is 16.9 Å². The van der Waals surface area contributed by atoms with E-state index < -0.39 is 4.92 Å². The summed E-state index contributed by atoms with van der Waals surface area (Å²) in [6.07, 6.45) is 4.97. The highest BCUT2D eigenvalue weighted by Gasteiger charge is 2.31. The summed E-state index contributed by atoms with van der Waals surface area (Å²) >= 11 is 0. The lowest BCUT2D eigenvalue weighted by atomic mass is 10.1. The Morgan fingerprint density at radius 3 is 2.92 bits per heavy atom. The summed E-state index contributed by atoms with van der Waals surface area (Å²) in [6, 6.07) is 1.11. The van der Waals surface area contributed by atoms with Crippen LogP contribution in [-0.2, 0) is 18.4 Å². The predicted octanol–water partition coefficient (Wildman–Crippen LogP) is 0.120. The van der Waals surface area contributed by atoms with Crippen LogP contribution in [0.3, 0.4) is 0 Å². The average molecular weight is 356 g/mol. The molecule has 11 heteroatoms. The summed E-state index contributed by atoms with van der Waals surface area (Å²) in [7, 11) is 1.89. The molecule has 0 saturated carbocycles. The first-order valence-corrected chi connectivity index (χ1v) is 7.21. The first-order chi connectivity index (χ1) is 11.1. The van der Waals surface area contributed by atoms with E-state index in [0.29, 0.717) is 19.6 Å². The molecule has 2 aromatic heterocycles. The number of nitro groups is 1. The van der Waals surface area contributed by atoms with Crippen molar-refractivity contribution in [3.05, 3.63) is 40.6 Å². The first kappa shape index (κ1) is 17.9. The molecule has 24 heavy (non-hydrogen) atoms. The van der Waals surface area contributed by atoms with E-state index in [-0.39, 0.29) is 36.7 Å². The Labute approximate surface area is 144 Å². The van der Waals surface area contributed by atoms with Crippen LogP contribution in [0.5, 0.6) is 0 Å². The smallest absolute Gasteiger partial charge is 0.358 e. The first-order valence-electron chi connectivity index (χ1n) is 7.21. The number of imidazole rings is 1. The summed E-state index contributed by atoms with van der Waals surface area (Å²) in [5, 5.41) is 17.7. The second kappa shape index (κ2) is 7.41. The zero-order valence-electron chi connectivity index (χ0n) is 13.0. The SMILES string of the molecule is Cl.Cn1ccnc1C1CNCCN1C(=O)Cn1ccc([N+](=O)[O-])n1. The Morgan fingerprint density at radius 1 is 1.50 bits per heavy atom. The number of piperazine rings is 1. The van der Waals surface area contributed by atoms with Gasteiger partial charge in [-0.25, -0.2) is 4.98 Å². The topological polar surface area (TPSA) is 111 Å². The largest absolute Gasteiger partial charge is 0.389 e. The average Bonchev–Trinajstić information content (AvgIpc) is 3.16. The van der Waals surface area contributed by atoms with Crippen molar-refractivity contribution in [2.24, 2.45) is 7.05 Å². The molecule has 1 unspecified atom stereocenters. The summed E-state index contributed by atoms with van der Waals surface area (Å²) in [5.74, 6) is 0.397. The number of hydrogen-bond donors (Lipinski definition) is 1. The van der Waals surface area contributed by atoms with E-state index in [1.54, 1.807) is 11.1 Å². The van der Waals surface area contributed by atoms with Crippen LogP contribution in [0.15, 0.2) is 24.7 Å². The molecule has 0 radical (unpaired) electrons. The van der Waals surface area contributed by atoms with Crippen LogP contribution in [0, 0.1) is 10.1 Å². The van der Waals surface area contributed by atoms with Crippen LogP contribution in [0.25, 0.3) is 0 Å². The number of nitrogens with one attached hydrogen (secondary N) is 1. The molecule has 1 aliphatic rings. The van der Waals surface area contributed by atoms with Crippen molar-refractivity contribution in [3.8, 4) is 0 Å². The molecule has 1 aliphatic heterocycles. The maximum atomic E-state index is 12.6. The molecule has 1 amide bonds. The van der Waals surface area contributed by atoms with Gasteiger partial charge in [0.25, 0.3) is 0 Å². The molecule has 0 spiro atoms. The highest BCUT2D eigenvalue weighted by atomic mass is 35.5. The van der Waals surface area contributed by atoms with E-state index in [1.807, 2.05) is 17.8 Å². The second-order valence-corrected chi connectivity index (χ2v) is 5.33. The molecule has 0 bridgehead atoms. The molecule has 1 fully saturated rings. The van der Waals surface area contributed by atoms with Crippen molar-refractivity contribution in [1.29, 1.82) is 0 Å². The van der Waals surface area contributed by atoms with Gasteiger partial charge in [-0.15, -0.1) is 12.4 Å². The van der Waals surface area contributed by atoms with Gasteiger partial charge in [0, 0.05) is 39.1 Å². The third-order valence-corrected chi connectivity index (χ3v) is 3.83. The van der Waals surface area contributed by atoms with Gasteiger partial charge in [-0.3, -0.25) is 4.79 Å². The minimum absolute atomic E-state index is 0. The van der Waals surface area contributed by atoms with Crippen molar-refractivity contribution < 1.29 is 9.72 Å². The van der Waals surface area contributed by atoms with Crippen LogP contribution >= 0.6 is 12.4 Å². The lowest BCUT2D eigenvalue weighted by Gasteiger charge is -2.35. The molecule has 2 aromatic rings. The Kier molecular flexibility index (Phi) is 5.52. The standard InChI is InChI=1S/C13H17N7O3.ClH/c1-17-6-4-15-13(17)10-8-14-3-7-19(10)12(21)9-18-5-2-11(16-18)20(22)23;/h2,4-6,10,14H,3,7-9H2,1H3;1H. The van der Waals surface area contributed by atoms with Crippen LogP contribution in [0.1, 0.15) is 11.9 Å². The summed E-state index contributed by atoms with van der Waals surface area (Å²) < 4.78 is 3.18. The Morgan fingerprint density at radius 2 is 2.29 bits per heavy atom. The number of carbonyl (C=O) groups excluding carboxylic acids is 1. The minimum Gasteiger partial charge on any atom is -0.358 e. The van der Waals surface area contributed by atoms with E-state index in [2.05, 4.69) is 15.4 Å². The van der Waals surface area contributed by atoms with Crippen LogP contribution in [0.2, 0.25) is 0 Å². The Balaban J connectivity index is 0.00000208. The van der Waals surface area contributed by atoms with Gasteiger partial charge in [0.05, 0.1) is 17.4 Å². The van der Waals surface area contributed by atoms with Gasteiger partial charge in [-0.05, 0) is 4.92 Å². The van der Waals surface area contributed by atoms with Gasteiger partial charge in [-0.2, -0.15) is 4.68 Å². The molecule has 130 valence electrons. The molecular weight excluding hydrogens is 338 g/mol. The highest BCUT2D eigenvalue weighted by molar-refractivity contribution is 5.85. The lowest BCUT2D eigenvalue weighted by Crippen LogP contribution is -2.50. The van der Waals surface area contributed by atoms with E-state index in [0.717, 1.165) is 5.82 Å². The fraction of sp³-hybridized carbons (Fsp3) is 0.462. The Hall–Kier alpha value is -2.46. The summed E-state index contributed by atoms with van der Waals surface area (Å²) in [6.45, 7) is 1.84. The van der Waals surface area contributed by atoms with Gasteiger partial charge < -0.3 is 24.9 Å². The third kappa shape index (κ3) is 3.54. The molecule has 0 aromatic carbocycles. The van der Waals surface area contributed by atoms with Crippen LogP contribution in [-0.4, -0.2) is 54.7 Å². The number of halogens is 1. The molecule has 3 rings (SSSR count). The highest BCUT2D eigenvalue weighted by Crippen LogP contribution is 2.21. The number of rotatable bonds is 4. The number of nitrogens with zero attached hydrogens (tertiary/aromatic N) is 6. The molecule has 3 heterocycles. The van der Waals surface area contributed by atoms with Crippen molar-refractivity contribution in [1.82, 2.24) is 29.5 Å². The summed E-state index contributed by atoms with van der Waals surface area (Å²) in [4.78, 5) is 28.7. The van der Waals surface area contributed by atoms with Crippen molar-refractivity contribution in [2.45, 2.75) is 12.6 Å². The fourth-order valence-corrected chi connectivity index (χ4v) is 2.70. The van der Waals surface area contributed by atoms with E-state index in [4.69, 9.17) is 0 Å². The number of aromatic nitrogens is 4. The number of amides is 1. The molecule has 0 aliphatic carbocycles. The fourth-order valence-electron chi connectivity index (χ4n) is 2.70. The van der Waals surface area contributed by atoms with Crippen molar-refractivity contribution >= 4 is 24.1 Å². The zero-order chi connectivity index (χ0) is 16.4. The summed E-state index contributed by atoms with van der Waals surface area (Å²) in [5.41, 5.74) is 0. The quantitative estimate of drug-likeness (QED) is 0.616. The Bertz CT molecular complexity index is 729. The number of carbonyl (C=O) groups is 1. The maximum Gasteiger partial charge on any atom is 0.389 e. The molecule has 10 nitrogen and oxygen atoms in total. The molecule has 1 N–H and O–H groups in total. The molecular formula is C13H18ClN7O3. The predicted molar refractivity (Wildman–Crippen MR) is 86.7 cm³/mol. The zero-order valence-corrected chi connectivity index (χ0v) is 13.8. The van der Waals surface area contributed by atoms with Crippen molar-refractivity contribution in [3.63, 3.8) is 0 Å². The van der Waals surface area contributed by atoms with Crippen LogP contribution in [0.4, 0.5) is 5.82 Å². The van der Waals surface area contributed by atoms with E-state index >= 15 is 0 Å². The monoisotopic (exact) mass is 355 g/mol. The van der Waals surface area contributed by atoms with Gasteiger partial charge in [0.1, 0.15) is 18.4 Å². The number of hydrogen-bond acceptors (Lipinski definition) is 6. The molecule has 1 saturated heterocycles. The molecule has 1 atom stereocenters. The lowest BCUT2D eigenvalue weighted by molar-refractivity contribution is -0.389. The second-order valence-electron chi connectivity index (χ2n) is 5.33. The van der Waals surface area contributed by atoms with Gasteiger partial charge in [0.15, 0.2) is 0 Å². The van der Waals surface area contributed by atoms with Crippen molar-refractivity contribution in [2.75, 3.05) is 19.6 Å². The maximum absolute atomic E-state index is 12.6. The minimum atomic E-state index is -0.581. The van der Waals surface area contributed by atoms with Gasteiger partial charge in [-0.1, -0.05) is 0 Å². The van der Waals surface area contributed by atoms with Crippen LogP contribution < -0.4 is 5.32 Å². The van der Waals surface area contributed by atoms with Gasteiger partial charge >= 0.3 is 5.82 Å².